The van der Waals surface area contributed by atoms with Gasteiger partial charge >= 0.3 is 0 Å². The summed E-state index contributed by atoms with van der Waals surface area (Å²) in [5.74, 6) is -0.638. The molecule has 5 heteroatoms. The first-order valence-electron chi connectivity index (χ1n) is 7.65. The number of ether oxygens (including phenoxy) is 1. The van der Waals surface area contributed by atoms with Crippen LogP contribution in [0.1, 0.15) is 37.9 Å². The van der Waals surface area contributed by atoms with Crippen LogP contribution in [0.25, 0.3) is 10.9 Å². The summed E-state index contributed by atoms with van der Waals surface area (Å²) in [4.78, 5) is 11.6. The molecule has 0 aliphatic carbocycles. The average molecular weight is 306 g/mol. The Morgan fingerprint density at radius 1 is 1.36 bits per heavy atom. The maximum absolute atomic E-state index is 11.6. The number of amides is 1. The molecule has 1 amide bonds. The molecule has 1 aromatic heterocycles. The summed E-state index contributed by atoms with van der Waals surface area (Å²) >= 11 is 0. The number of nitrogens with two attached hydrogens (primary N) is 1. The number of aryl methyl sites for hydroxylation is 1. The molecule has 122 valence electrons. The molecule has 1 aliphatic heterocycles. The van der Waals surface area contributed by atoms with Crippen molar-refractivity contribution in [3.05, 3.63) is 35.5 Å². The summed E-state index contributed by atoms with van der Waals surface area (Å²) in [5, 5.41) is 8.13. The minimum atomic E-state index is -0.327. The number of hydrogen-bond acceptors (Lipinski definition) is 3. The van der Waals surface area contributed by atoms with Crippen molar-refractivity contribution >= 4 is 16.8 Å². The highest BCUT2D eigenvalue weighted by atomic mass is 16.5. The average Bonchev–Trinajstić information content (AvgIpc) is 2.92. The number of para-hydroxylation sites is 1. The van der Waals surface area contributed by atoms with Crippen LogP contribution < -0.4 is 5.73 Å². The molecule has 3 rings (SSSR count). The first-order chi connectivity index (χ1) is 10.7. The molecule has 0 fully saturated rings. The van der Waals surface area contributed by atoms with Crippen molar-refractivity contribution in [1.82, 2.24) is 4.57 Å². The van der Waals surface area contributed by atoms with Gasteiger partial charge < -0.3 is 20.1 Å². The summed E-state index contributed by atoms with van der Waals surface area (Å²) in [6.07, 6.45) is 0. The first kappa shape index (κ1) is 18.2. The van der Waals surface area contributed by atoms with E-state index in [4.69, 9.17) is 15.6 Å². The van der Waals surface area contributed by atoms with Gasteiger partial charge in [0.25, 0.3) is 0 Å². The molecule has 3 N–H and O–H groups in total. The maximum atomic E-state index is 11.6. The number of aromatic nitrogens is 1. The number of aliphatic hydroxyl groups excluding tert-OH is 1. The van der Waals surface area contributed by atoms with E-state index in [1.807, 2.05) is 26.0 Å². The van der Waals surface area contributed by atoms with Gasteiger partial charge in [0.2, 0.25) is 5.91 Å². The molecule has 1 unspecified atom stereocenters. The third-order valence-electron chi connectivity index (χ3n) is 3.65. The number of benzene rings is 1. The Morgan fingerprint density at radius 3 is 2.59 bits per heavy atom. The van der Waals surface area contributed by atoms with Gasteiger partial charge in [0.1, 0.15) is 0 Å². The second-order valence-corrected chi connectivity index (χ2v) is 4.59. The Balaban J connectivity index is 0.000000561. The second-order valence-electron chi connectivity index (χ2n) is 4.59. The van der Waals surface area contributed by atoms with Gasteiger partial charge in [-0.3, -0.25) is 4.79 Å². The van der Waals surface area contributed by atoms with Crippen LogP contribution >= 0.6 is 0 Å². The van der Waals surface area contributed by atoms with Crippen molar-refractivity contribution in [3.8, 4) is 0 Å². The minimum absolute atomic E-state index is 0.310. The quantitative estimate of drug-likeness (QED) is 0.894. The monoisotopic (exact) mass is 306 g/mol. The smallest absolute Gasteiger partial charge is 0.227 e. The first-order valence-corrected chi connectivity index (χ1v) is 7.65. The van der Waals surface area contributed by atoms with Gasteiger partial charge in [-0.15, -0.1) is 0 Å². The Bertz CT molecular complexity index is 620. The van der Waals surface area contributed by atoms with Gasteiger partial charge in [-0.25, -0.2) is 0 Å². The molecular weight excluding hydrogens is 280 g/mol. The topological polar surface area (TPSA) is 77.5 Å². The lowest BCUT2D eigenvalue weighted by molar-refractivity contribution is -0.121. The molecule has 1 aliphatic rings. The summed E-state index contributed by atoms with van der Waals surface area (Å²) in [6, 6.07) is 8.15. The lowest BCUT2D eigenvalue weighted by Crippen LogP contribution is -2.29. The molecule has 0 spiro atoms. The molecule has 1 atom stereocenters. The van der Waals surface area contributed by atoms with Gasteiger partial charge in [-0.1, -0.05) is 32.0 Å². The van der Waals surface area contributed by atoms with Crippen LogP contribution in [0.3, 0.4) is 0 Å². The summed E-state index contributed by atoms with van der Waals surface area (Å²) in [7, 11) is 1.00. The Kier molecular flexibility index (Phi) is 7.08. The van der Waals surface area contributed by atoms with Crippen LogP contribution in [0.15, 0.2) is 24.3 Å². The summed E-state index contributed by atoms with van der Waals surface area (Å²) < 4.78 is 7.73. The molecule has 0 saturated heterocycles. The van der Waals surface area contributed by atoms with Crippen molar-refractivity contribution in [3.63, 3.8) is 0 Å². The van der Waals surface area contributed by atoms with Crippen LogP contribution in [0.5, 0.6) is 0 Å². The highest BCUT2D eigenvalue weighted by Crippen LogP contribution is 2.35. The predicted molar refractivity (Wildman–Crippen MR) is 88.7 cm³/mol. The van der Waals surface area contributed by atoms with Crippen LogP contribution in [0.2, 0.25) is 0 Å². The normalized spacial score (nSPS) is 16.0. The zero-order valence-corrected chi connectivity index (χ0v) is 13.8. The van der Waals surface area contributed by atoms with E-state index in [0.29, 0.717) is 13.2 Å². The summed E-state index contributed by atoms with van der Waals surface area (Å²) in [6.45, 7) is 7.91. The largest absolute Gasteiger partial charge is 0.400 e. The lowest BCUT2D eigenvalue weighted by atomic mass is 9.94. The Labute approximate surface area is 131 Å². The van der Waals surface area contributed by atoms with E-state index in [1.165, 1.54) is 0 Å². The van der Waals surface area contributed by atoms with Crippen LogP contribution in [-0.2, 0) is 22.7 Å². The highest BCUT2D eigenvalue weighted by Gasteiger charge is 2.30. The Morgan fingerprint density at radius 2 is 2.00 bits per heavy atom. The van der Waals surface area contributed by atoms with Gasteiger partial charge in [0, 0.05) is 30.3 Å². The van der Waals surface area contributed by atoms with Gasteiger partial charge in [0.15, 0.2) is 0 Å². The van der Waals surface area contributed by atoms with E-state index < -0.39 is 0 Å². The zero-order valence-electron chi connectivity index (χ0n) is 13.8. The molecule has 2 aromatic rings. The molecule has 1 aromatic carbocycles. The van der Waals surface area contributed by atoms with Crippen molar-refractivity contribution in [2.75, 3.05) is 13.7 Å². The van der Waals surface area contributed by atoms with Crippen molar-refractivity contribution in [1.29, 1.82) is 0 Å². The van der Waals surface area contributed by atoms with Crippen LogP contribution in [0.4, 0.5) is 0 Å². The van der Waals surface area contributed by atoms with Gasteiger partial charge in [-0.2, -0.15) is 0 Å². The summed E-state index contributed by atoms with van der Waals surface area (Å²) in [5.41, 5.74) is 8.80. The third-order valence-corrected chi connectivity index (χ3v) is 3.65. The number of primary amides is 1. The van der Waals surface area contributed by atoms with E-state index in [2.05, 4.69) is 23.6 Å². The number of carbonyl (C=O) groups excluding carboxylic acids is 1. The van der Waals surface area contributed by atoms with E-state index in [0.717, 1.165) is 35.8 Å². The molecular formula is C17H26N2O3. The molecule has 0 bridgehead atoms. The molecule has 22 heavy (non-hydrogen) atoms. The predicted octanol–water partition coefficient (Wildman–Crippen LogP) is 2.40. The third kappa shape index (κ3) is 3.15. The van der Waals surface area contributed by atoms with Crippen molar-refractivity contribution < 1.29 is 14.6 Å². The molecule has 5 nitrogen and oxygen atoms in total. The fourth-order valence-corrected chi connectivity index (χ4v) is 2.87. The van der Waals surface area contributed by atoms with E-state index in [1.54, 1.807) is 0 Å². The molecule has 0 radical (unpaired) electrons. The second kappa shape index (κ2) is 8.56. The fourth-order valence-electron chi connectivity index (χ4n) is 2.87. The number of carbonyl (C=O) groups is 1. The Hall–Kier alpha value is -1.85. The highest BCUT2D eigenvalue weighted by molar-refractivity contribution is 5.93. The van der Waals surface area contributed by atoms with E-state index >= 15 is 0 Å². The number of fused-ring (bicyclic) bond motifs is 3. The number of nitrogens with zero attached hydrogens (tertiary/aromatic N) is 1. The van der Waals surface area contributed by atoms with E-state index in [9.17, 15) is 4.79 Å². The fraction of sp³-hybridized carbons (Fsp3) is 0.471. The molecule has 0 saturated carbocycles. The van der Waals surface area contributed by atoms with Gasteiger partial charge in [0.05, 0.1) is 19.1 Å². The van der Waals surface area contributed by atoms with Crippen LogP contribution in [0, 0.1) is 0 Å². The maximum Gasteiger partial charge on any atom is 0.227 e. The SMILES string of the molecule is CC.CCn1c2c(c3ccccc31)C(C(N)=O)COC2.CO. The molecule has 2 heterocycles. The standard InChI is InChI=1S/C14H16N2O2.C2H6.CH4O/c1-2-16-11-6-4-3-5-9(11)13-10(14(15)17)7-18-8-12(13)16;2*1-2/h3-6,10H,2,7-8H2,1H3,(H2,15,17);1-2H3;2H,1H3. The van der Waals surface area contributed by atoms with E-state index in [-0.39, 0.29) is 11.8 Å². The lowest BCUT2D eigenvalue weighted by Gasteiger charge is -2.22. The minimum Gasteiger partial charge on any atom is -0.400 e. The van der Waals surface area contributed by atoms with Crippen molar-refractivity contribution in [2.45, 2.75) is 39.8 Å². The van der Waals surface area contributed by atoms with Gasteiger partial charge in [-0.05, 0) is 18.6 Å². The zero-order chi connectivity index (χ0) is 16.7. The number of rotatable bonds is 2. The van der Waals surface area contributed by atoms with Crippen molar-refractivity contribution in [2.24, 2.45) is 5.73 Å². The number of hydrogen-bond donors (Lipinski definition) is 2. The van der Waals surface area contributed by atoms with Crippen LogP contribution in [-0.4, -0.2) is 29.3 Å². The number of aliphatic hydroxyl groups is 1.